The minimum atomic E-state index is -0.452. The molecule has 0 aromatic carbocycles. The third-order valence-electron chi connectivity index (χ3n) is 4.06. The van der Waals surface area contributed by atoms with Crippen LogP contribution in [0.1, 0.15) is 5.69 Å². The Hall–Kier alpha value is -3.67. The van der Waals surface area contributed by atoms with E-state index in [1.165, 1.54) is 25.4 Å². The monoisotopic (exact) mass is 367 g/mol. The number of amides is 1. The third-order valence-corrected chi connectivity index (χ3v) is 4.06. The first-order valence-corrected chi connectivity index (χ1v) is 8.25. The number of hydrogen-bond donors (Lipinski definition) is 0. The van der Waals surface area contributed by atoms with Gasteiger partial charge in [0.25, 0.3) is 5.91 Å². The molecule has 0 N–H and O–H groups in total. The van der Waals surface area contributed by atoms with Gasteiger partial charge < -0.3 is 14.5 Å². The number of nitro groups is 1. The van der Waals surface area contributed by atoms with E-state index in [0.29, 0.717) is 43.6 Å². The van der Waals surface area contributed by atoms with Gasteiger partial charge in [-0.05, 0) is 18.1 Å². The number of hydrogen-bond acceptors (Lipinski definition) is 7. The Labute approximate surface area is 155 Å². The Morgan fingerprint density at radius 3 is 2.70 bits per heavy atom. The number of carbonyl (C=O) groups excluding carboxylic acids is 1. The molecule has 0 bridgehead atoms. The van der Waals surface area contributed by atoms with Gasteiger partial charge in [0.2, 0.25) is 11.7 Å². The van der Waals surface area contributed by atoms with Crippen LogP contribution in [0.5, 0.6) is 5.88 Å². The lowest BCUT2D eigenvalue weighted by atomic mass is 10.2. The van der Waals surface area contributed by atoms with E-state index in [1.807, 2.05) is 0 Å². The van der Waals surface area contributed by atoms with Crippen molar-refractivity contribution in [3.8, 4) is 17.7 Å². The zero-order chi connectivity index (χ0) is 19.2. The van der Waals surface area contributed by atoms with E-state index in [9.17, 15) is 14.9 Å². The minimum Gasteiger partial charge on any atom is -0.481 e. The zero-order valence-corrected chi connectivity index (χ0v) is 14.7. The molecule has 1 aliphatic heterocycles. The first-order chi connectivity index (χ1) is 13.1. The van der Waals surface area contributed by atoms with Gasteiger partial charge in [-0.2, -0.15) is 0 Å². The number of nitrogens with zero attached hydrogens (tertiary/aromatic N) is 5. The molecule has 0 radical (unpaired) electrons. The van der Waals surface area contributed by atoms with Crippen molar-refractivity contribution in [2.75, 3.05) is 38.2 Å². The highest BCUT2D eigenvalue weighted by atomic mass is 16.6. The summed E-state index contributed by atoms with van der Waals surface area (Å²) < 4.78 is 5.02. The summed E-state index contributed by atoms with van der Waals surface area (Å²) in [4.78, 5) is 34.7. The molecular formula is C18H17N5O4. The number of piperazine rings is 1. The average Bonchev–Trinajstić information content (AvgIpc) is 2.72. The second-order valence-electron chi connectivity index (χ2n) is 5.70. The summed E-state index contributed by atoms with van der Waals surface area (Å²) in [6.07, 6.45) is 1.52. The molecule has 1 fully saturated rings. The van der Waals surface area contributed by atoms with Crippen LogP contribution in [-0.2, 0) is 4.79 Å². The fourth-order valence-electron chi connectivity index (χ4n) is 2.69. The van der Waals surface area contributed by atoms with E-state index in [2.05, 4.69) is 21.8 Å². The maximum absolute atomic E-state index is 12.3. The molecule has 2 aromatic rings. The normalized spacial score (nSPS) is 13.5. The molecule has 0 saturated carbocycles. The van der Waals surface area contributed by atoms with E-state index < -0.39 is 4.92 Å². The summed E-state index contributed by atoms with van der Waals surface area (Å²) in [7, 11) is 1.51. The average molecular weight is 367 g/mol. The Morgan fingerprint density at radius 2 is 2.00 bits per heavy atom. The molecule has 3 rings (SSSR count). The smallest absolute Gasteiger partial charge is 0.311 e. The van der Waals surface area contributed by atoms with E-state index >= 15 is 0 Å². The fraction of sp³-hybridized carbons (Fsp3) is 0.278. The molecule has 138 valence electrons. The number of methoxy groups -OCH3 is 1. The summed E-state index contributed by atoms with van der Waals surface area (Å²) in [5, 5.41) is 11.1. The quantitative estimate of drug-likeness (QED) is 0.455. The number of ether oxygens (including phenoxy) is 1. The molecule has 0 atom stereocenters. The van der Waals surface area contributed by atoms with Gasteiger partial charge in [-0.25, -0.2) is 9.97 Å². The van der Waals surface area contributed by atoms with E-state index in [4.69, 9.17) is 4.74 Å². The van der Waals surface area contributed by atoms with Crippen molar-refractivity contribution in [3.05, 3.63) is 52.3 Å². The second kappa shape index (κ2) is 8.14. The van der Waals surface area contributed by atoms with Crippen molar-refractivity contribution in [1.29, 1.82) is 0 Å². The van der Waals surface area contributed by atoms with Crippen LogP contribution in [0.2, 0.25) is 0 Å². The second-order valence-corrected chi connectivity index (χ2v) is 5.70. The van der Waals surface area contributed by atoms with Crippen molar-refractivity contribution in [3.63, 3.8) is 0 Å². The first-order valence-electron chi connectivity index (χ1n) is 8.25. The number of carbonyl (C=O) groups is 1. The highest BCUT2D eigenvalue weighted by Gasteiger charge is 2.26. The van der Waals surface area contributed by atoms with Crippen LogP contribution in [-0.4, -0.2) is 59.0 Å². The highest BCUT2D eigenvalue weighted by molar-refractivity contribution is 5.94. The molecule has 9 nitrogen and oxygen atoms in total. The number of aromatic nitrogens is 2. The number of pyridine rings is 2. The zero-order valence-electron chi connectivity index (χ0n) is 14.7. The van der Waals surface area contributed by atoms with Gasteiger partial charge >= 0.3 is 5.69 Å². The summed E-state index contributed by atoms with van der Waals surface area (Å²) in [5.74, 6) is 5.76. The standard InChI is InChI=1S/C18H17N5O4/c1-27-16-6-2-4-14(20-16)7-8-17(24)21-10-12-22(13-11-21)18-15(23(25)26)5-3-9-19-18/h2-6,9H,10-13H2,1H3. The lowest BCUT2D eigenvalue weighted by Crippen LogP contribution is -2.48. The van der Waals surface area contributed by atoms with Crippen LogP contribution in [0.4, 0.5) is 11.5 Å². The Kier molecular flexibility index (Phi) is 5.47. The summed E-state index contributed by atoms with van der Waals surface area (Å²) in [5.41, 5.74) is 0.409. The Bertz CT molecular complexity index is 913. The van der Waals surface area contributed by atoms with Gasteiger partial charge in [0.15, 0.2) is 0 Å². The molecule has 2 aromatic heterocycles. The van der Waals surface area contributed by atoms with Crippen LogP contribution in [0, 0.1) is 22.0 Å². The van der Waals surface area contributed by atoms with Crippen LogP contribution >= 0.6 is 0 Å². The Balaban J connectivity index is 1.63. The van der Waals surface area contributed by atoms with E-state index in [0.717, 1.165) is 0 Å². The fourth-order valence-corrected chi connectivity index (χ4v) is 2.69. The molecule has 9 heteroatoms. The highest BCUT2D eigenvalue weighted by Crippen LogP contribution is 2.25. The van der Waals surface area contributed by atoms with Gasteiger partial charge in [-0.15, -0.1) is 0 Å². The van der Waals surface area contributed by atoms with E-state index in [-0.39, 0.29) is 11.6 Å². The molecule has 1 saturated heterocycles. The van der Waals surface area contributed by atoms with Crippen LogP contribution in [0.25, 0.3) is 0 Å². The van der Waals surface area contributed by atoms with Gasteiger partial charge in [0, 0.05) is 50.4 Å². The predicted molar refractivity (Wildman–Crippen MR) is 97.4 cm³/mol. The van der Waals surface area contributed by atoms with Crippen molar-refractivity contribution in [2.45, 2.75) is 0 Å². The number of rotatable bonds is 3. The Morgan fingerprint density at radius 1 is 1.22 bits per heavy atom. The van der Waals surface area contributed by atoms with Crippen molar-refractivity contribution >= 4 is 17.4 Å². The lowest BCUT2D eigenvalue weighted by molar-refractivity contribution is -0.384. The molecule has 3 heterocycles. The third kappa shape index (κ3) is 4.30. The number of anilines is 1. The van der Waals surface area contributed by atoms with Gasteiger partial charge in [0.05, 0.1) is 12.0 Å². The SMILES string of the molecule is COc1cccc(C#CC(=O)N2CCN(c3ncccc3[N+](=O)[O-])CC2)n1. The summed E-state index contributed by atoms with van der Waals surface area (Å²) in [6, 6.07) is 8.10. The minimum absolute atomic E-state index is 0.0406. The summed E-state index contributed by atoms with van der Waals surface area (Å²) in [6.45, 7) is 1.71. The van der Waals surface area contributed by atoms with Gasteiger partial charge in [0.1, 0.15) is 5.69 Å². The van der Waals surface area contributed by atoms with E-state index in [1.54, 1.807) is 28.0 Å². The van der Waals surface area contributed by atoms with Crippen molar-refractivity contribution < 1.29 is 14.5 Å². The molecule has 1 amide bonds. The van der Waals surface area contributed by atoms with Gasteiger partial charge in [-0.3, -0.25) is 14.9 Å². The molecule has 0 aliphatic carbocycles. The molecule has 0 unspecified atom stereocenters. The maximum Gasteiger partial charge on any atom is 0.311 e. The largest absolute Gasteiger partial charge is 0.481 e. The summed E-state index contributed by atoms with van der Waals surface area (Å²) >= 11 is 0. The molecule has 1 aliphatic rings. The first kappa shape index (κ1) is 18.1. The topological polar surface area (TPSA) is 102 Å². The molecule has 27 heavy (non-hydrogen) atoms. The lowest BCUT2D eigenvalue weighted by Gasteiger charge is -2.34. The predicted octanol–water partition coefficient (Wildman–Crippen LogP) is 1.09. The van der Waals surface area contributed by atoms with Crippen LogP contribution in [0.15, 0.2) is 36.5 Å². The van der Waals surface area contributed by atoms with Gasteiger partial charge in [-0.1, -0.05) is 6.07 Å². The van der Waals surface area contributed by atoms with Crippen molar-refractivity contribution in [2.24, 2.45) is 0 Å². The molecule has 0 spiro atoms. The van der Waals surface area contributed by atoms with Crippen LogP contribution < -0.4 is 9.64 Å². The molecular weight excluding hydrogens is 350 g/mol. The van der Waals surface area contributed by atoms with Crippen molar-refractivity contribution in [1.82, 2.24) is 14.9 Å². The maximum atomic E-state index is 12.3. The van der Waals surface area contributed by atoms with Crippen LogP contribution in [0.3, 0.4) is 0 Å².